The second-order valence-corrected chi connectivity index (χ2v) is 7.92. The molecule has 0 unspecified atom stereocenters. The van der Waals surface area contributed by atoms with E-state index < -0.39 is 0 Å². The molecule has 0 bridgehead atoms. The SMILES string of the molecule is CC(C)(C)COc1cccc(-c2nc3ncc(-c4ccccc4)cc3[nH]2)c1. The normalized spacial score (nSPS) is 11.7. The molecule has 2 aromatic heterocycles. The van der Waals surface area contributed by atoms with Gasteiger partial charge in [-0.2, -0.15) is 0 Å². The van der Waals surface area contributed by atoms with Gasteiger partial charge in [-0.15, -0.1) is 0 Å². The first-order chi connectivity index (χ1) is 13.0. The van der Waals surface area contributed by atoms with Gasteiger partial charge >= 0.3 is 0 Å². The molecule has 27 heavy (non-hydrogen) atoms. The second kappa shape index (κ2) is 6.88. The lowest BCUT2D eigenvalue weighted by Crippen LogP contribution is -2.16. The van der Waals surface area contributed by atoms with Crippen molar-refractivity contribution in [2.75, 3.05) is 6.61 Å². The van der Waals surface area contributed by atoms with Crippen LogP contribution in [0.2, 0.25) is 0 Å². The number of fused-ring (bicyclic) bond motifs is 1. The predicted octanol–water partition coefficient (Wildman–Crippen LogP) is 5.72. The zero-order valence-electron chi connectivity index (χ0n) is 15.9. The van der Waals surface area contributed by atoms with Gasteiger partial charge in [0.15, 0.2) is 5.65 Å². The van der Waals surface area contributed by atoms with Crippen LogP contribution in [0.5, 0.6) is 5.75 Å². The topological polar surface area (TPSA) is 50.8 Å². The van der Waals surface area contributed by atoms with Crippen molar-refractivity contribution in [3.05, 3.63) is 66.9 Å². The Hall–Kier alpha value is -3.14. The molecule has 0 fully saturated rings. The van der Waals surface area contributed by atoms with E-state index in [1.165, 1.54) is 0 Å². The Morgan fingerprint density at radius 2 is 1.67 bits per heavy atom. The van der Waals surface area contributed by atoms with E-state index in [4.69, 9.17) is 4.74 Å². The molecule has 0 aliphatic heterocycles. The number of nitrogens with zero attached hydrogens (tertiary/aromatic N) is 2. The van der Waals surface area contributed by atoms with E-state index in [1.807, 2.05) is 48.7 Å². The Balaban J connectivity index is 1.64. The minimum atomic E-state index is 0.118. The first-order valence-corrected chi connectivity index (χ1v) is 9.12. The average Bonchev–Trinajstić information content (AvgIpc) is 3.10. The molecule has 136 valence electrons. The van der Waals surface area contributed by atoms with Crippen LogP contribution >= 0.6 is 0 Å². The van der Waals surface area contributed by atoms with E-state index in [9.17, 15) is 0 Å². The summed E-state index contributed by atoms with van der Waals surface area (Å²) in [5, 5.41) is 0. The molecule has 2 heterocycles. The zero-order chi connectivity index (χ0) is 18.9. The van der Waals surface area contributed by atoms with Gasteiger partial charge in [-0.3, -0.25) is 0 Å². The zero-order valence-corrected chi connectivity index (χ0v) is 15.9. The molecular formula is C23H23N3O. The first-order valence-electron chi connectivity index (χ1n) is 9.12. The maximum absolute atomic E-state index is 5.93. The summed E-state index contributed by atoms with van der Waals surface area (Å²) in [7, 11) is 0. The molecule has 0 aliphatic carbocycles. The van der Waals surface area contributed by atoms with Crippen molar-refractivity contribution < 1.29 is 4.74 Å². The standard InChI is InChI=1S/C23H23N3O/c1-23(2,3)15-27-19-11-7-10-17(12-19)21-25-20-13-18(14-24-22(20)26-21)16-8-5-4-6-9-16/h4-14H,15H2,1-3H3,(H,24,25,26). The highest BCUT2D eigenvalue weighted by atomic mass is 16.5. The number of rotatable bonds is 4. The third-order valence-electron chi connectivity index (χ3n) is 4.22. The average molecular weight is 357 g/mol. The first kappa shape index (κ1) is 17.3. The summed E-state index contributed by atoms with van der Waals surface area (Å²) in [5.74, 6) is 1.64. The van der Waals surface area contributed by atoms with Gasteiger partial charge in [-0.1, -0.05) is 63.2 Å². The van der Waals surface area contributed by atoms with Crippen molar-refractivity contribution in [1.82, 2.24) is 15.0 Å². The molecule has 0 saturated heterocycles. The fourth-order valence-electron chi connectivity index (χ4n) is 2.86. The Morgan fingerprint density at radius 1 is 0.889 bits per heavy atom. The van der Waals surface area contributed by atoms with E-state index >= 15 is 0 Å². The molecule has 0 saturated carbocycles. The number of nitrogens with one attached hydrogen (secondary N) is 1. The number of ether oxygens (including phenoxy) is 1. The van der Waals surface area contributed by atoms with Crippen molar-refractivity contribution >= 4 is 11.2 Å². The van der Waals surface area contributed by atoms with Crippen LogP contribution in [0.4, 0.5) is 0 Å². The summed E-state index contributed by atoms with van der Waals surface area (Å²) in [4.78, 5) is 12.6. The quantitative estimate of drug-likeness (QED) is 0.508. The molecule has 2 aromatic carbocycles. The van der Waals surface area contributed by atoms with Gasteiger partial charge in [0.05, 0.1) is 12.1 Å². The van der Waals surface area contributed by atoms with E-state index in [0.717, 1.165) is 33.8 Å². The number of aromatic nitrogens is 3. The number of benzene rings is 2. The van der Waals surface area contributed by atoms with Gasteiger partial charge in [0.2, 0.25) is 0 Å². The number of hydrogen-bond acceptors (Lipinski definition) is 3. The van der Waals surface area contributed by atoms with E-state index in [2.05, 4.69) is 53.9 Å². The van der Waals surface area contributed by atoms with E-state index in [0.29, 0.717) is 12.3 Å². The molecule has 1 N–H and O–H groups in total. The maximum Gasteiger partial charge on any atom is 0.178 e. The van der Waals surface area contributed by atoms with Crippen LogP contribution in [0.3, 0.4) is 0 Å². The smallest absolute Gasteiger partial charge is 0.178 e. The number of hydrogen-bond donors (Lipinski definition) is 1. The molecule has 0 spiro atoms. The van der Waals surface area contributed by atoms with Crippen molar-refractivity contribution in [2.45, 2.75) is 20.8 Å². The van der Waals surface area contributed by atoms with E-state index in [-0.39, 0.29) is 5.41 Å². The third kappa shape index (κ3) is 4.00. The third-order valence-corrected chi connectivity index (χ3v) is 4.22. The summed E-state index contributed by atoms with van der Waals surface area (Å²) in [6, 6.07) is 20.3. The molecule has 0 aliphatic rings. The molecule has 4 nitrogen and oxygen atoms in total. The van der Waals surface area contributed by atoms with Crippen molar-refractivity contribution in [2.24, 2.45) is 5.41 Å². The molecule has 0 radical (unpaired) electrons. The van der Waals surface area contributed by atoms with Crippen LogP contribution in [0.15, 0.2) is 66.9 Å². The predicted molar refractivity (Wildman–Crippen MR) is 110 cm³/mol. The van der Waals surface area contributed by atoms with Gasteiger partial charge in [0, 0.05) is 17.3 Å². The van der Waals surface area contributed by atoms with Crippen LogP contribution < -0.4 is 4.74 Å². The van der Waals surface area contributed by atoms with Gasteiger partial charge in [-0.25, -0.2) is 9.97 Å². The largest absolute Gasteiger partial charge is 0.493 e. The Labute approximate surface area is 159 Å². The molecule has 0 atom stereocenters. The van der Waals surface area contributed by atoms with Gasteiger partial charge in [0.1, 0.15) is 11.6 Å². The minimum absolute atomic E-state index is 0.118. The molecular weight excluding hydrogens is 334 g/mol. The van der Waals surface area contributed by atoms with Gasteiger partial charge in [0.25, 0.3) is 0 Å². The Morgan fingerprint density at radius 3 is 2.44 bits per heavy atom. The highest BCUT2D eigenvalue weighted by Crippen LogP contribution is 2.27. The second-order valence-electron chi connectivity index (χ2n) is 7.92. The van der Waals surface area contributed by atoms with Crippen molar-refractivity contribution in [3.63, 3.8) is 0 Å². The fraction of sp³-hybridized carbons (Fsp3) is 0.217. The number of aromatic amines is 1. The van der Waals surface area contributed by atoms with Crippen molar-refractivity contribution in [3.8, 4) is 28.3 Å². The molecule has 0 amide bonds. The van der Waals surface area contributed by atoms with Gasteiger partial charge < -0.3 is 9.72 Å². The summed E-state index contributed by atoms with van der Waals surface area (Å²) < 4.78 is 5.93. The summed E-state index contributed by atoms with van der Waals surface area (Å²) in [6.45, 7) is 7.14. The fourth-order valence-corrected chi connectivity index (χ4v) is 2.86. The highest BCUT2D eigenvalue weighted by molar-refractivity contribution is 5.81. The highest BCUT2D eigenvalue weighted by Gasteiger charge is 2.12. The van der Waals surface area contributed by atoms with Crippen LogP contribution in [-0.4, -0.2) is 21.6 Å². The Kier molecular flexibility index (Phi) is 4.40. The van der Waals surface area contributed by atoms with Crippen LogP contribution in [0.25, 0.3) is 33.7 Å². The van der Waals surface area contributed by atoms with Crippen LogP contribution in [0.1, 0.15) is 20.8 Å². The molecule has 4 aromatic rings. The summed E-state index contributed by atoms with van der Waals surface area (Å²) in [5.41, 5.74) is 4.95. The maximum atomic E-state index is 5.93. The van der Waals surface area contributed by atoms with Gasteiger partial charge in [-0.05, 0) is 29.2 Å². The minimum Gasteiger partial charge on any atom is -0.493 e. The summed E-state index contributed by atoms with van der Waals surface area (Å²) >= 11 is 0. The lowest BCUT2D eigenvalue weighted by Gasteiger charge is -2.19. The lowest BCUT2D eigenvalue weighted by atomic mass is 9.99. The van der Waals surface area contributed by atoms with Crippen LogP contribution in [-0.2, 0) is 0 Å². The lowest BCUT2D eigenvalue weighted by molar-refractivity contribution is 0.198. The number of pyridine rings is 1. The Bertz CT molecular complexity index is 1060. The summed E-state index contributed by atoms with van der Waals surface area (Å²) in [6.07, 6.45) is 1.87. The van der Waals surface area contributed by atoms with E-state index in [1.54, 1.807) is 0 Å². The number of imidazole rings is 1. The van der Waals surface area contributed by atoms with Crippen molar-refractivity contribution in [1.29, 1.82) is 0 Å². The van der Waals surface area contributed by atoms with Crippen LogP contribution in [0, 0.1) is 5.41 Å². The molecule has 4 rings (SSSR count). The molecule has 4 heteroatoms. The monoisotopic (exact) mass is 357 g/mol. The number of H-pyrrole nitrogens is 1.